The Bertz CT molecular complexity index is 1080. The average Bonchev–Trinajstić information content (AvgIpc) is 3.47. The molecule has 0 aliphatic carbocycles. The number of thiazole rings is 1. The van der Waals surface area contributed by atoms with E-state index < -0.39 is 0 Å². The number of piperidine rings is 1. The lowest BCUT2D eigenvalue weighted by Crippen LogP contribution is -2.35. The lowest BCUT2D eigenvalue weighted by molar-refractivity contribution is -0.0235. The summed E-state index contributed by atoms with van der Waals surface area (Å²) in [6, 6.07) is 20.2. The predicted molar refractivity (Wildman–Crippen MR) is 123 cm³/mol. The van der Waals surface area contributed by atoms with Gasteiger partial charge in [-0.15, -0.1) is 11.3 Å². The van der Waals surface area contributed by atoms with E-state index >= 15 is 0 Å². The van der Waals surface area contributed by atoms with E-state index in [1.54, 1.807) is 17.6 Å². The first-order valence-corrected chi connectivity index (χ1v) is 11.5. The van der Waals surface area contributed by atoms with Crippen LogP contribution < -0.4 is 4.74 Å². The number of aromatic nitrogens is 1. The SMILES string of the molecule is CN1CCC(OC(c2cccc(OCc3ccco3)c2)c2nc3ccccc3s2)CC1. The van der Waals surface area contributed by atoms with Crippen LogP contribution in [0.3, 0.4) is 0 Å². The number of hydrogen-bond donors (Lipinski definition) is 0. The van der Waals surface area contributed by atoms with Crippen molar-refractivity contribution in [1.29, 1.82) is 0 Å². The summed E-state index contributed by atoms with van der Waals surface area (Å²) >= 11 is 1.70. The van der Waals surface area contributed by atoms with E-state index in [4.69, 9.17) is 18.9 Å². The van der Waals surface area contributed by atoms with Crippen LogP contribution in [0.2, 0.25) is 0 Å². The Labute approximate surface area is 186 Å². The van der Waals surface area contributed by atoms with Crippen molar-refractivity contribution in [3.63, 3.8) is 0 Å². The minimum atomic E-state index is -0.210. The Hall–Kier alpha value is -2.67. The summed E-state index contributed by atoms with van der Waals surface area (Å²) in [6.45, 7) is 2.52. The molecular weight excluding hydrogens is 408 g/mol. The Balaban J connectivity index is 1.42. The predicted octanol–water partition coefficient (Wildman–Crippen LogP) is 5.67. The third-order valence-electron chi connectivity index (χ3n) is 5.65. The van der Waals surface area contributed by atoms with Crippen molar-refractivity contribution in [3.8, 4) is 5.75 Å². The van der Waals surface area contributed by atoms with Gasteiger partial charge in [0.05, 0.1) is 22.6 Å². The molecule has 1 aliphatic rings. The second-order valence-electron chi connectivity index (χ2n) is 7.98. The van der Waals surface area contributed by atoms with Gasteiger partial charge >= 0.3 is 0 Å². The van der Waals surface area contributed by atoms with E-state index in [1.807, 2.05) is 30.3 Å². The standard InChI is InChI=1S/C25H26N2O3S/c1-27-13-11-19(12-14-27)30-24(25-26-22-9-2-3-10-23(22)31-25)18-6-4-7-20(16-18)29-17-21-8-5-15-28-21/h2-10,15-16,19,24H,11-14,17H2,1H3. The van der Waals surface area contributed by atoms with E-state index in [0.717, 1.165) is 53.5 Å². The first-order chi connectivity index (χ1) is 15.2. The van der Waals surface area contributed by atoms with Crippen LogP contribution in [-0.4, -0.2) is 36.1 Å². The van der Waals surface area contributed by atoms with Crippen molar-refractivity contribution in [2.45, 2.75) is 31.7 Å². The van der Waals surface area contributed by atoms with Gasteiger partial charge in [0.15, 0.2) is 0 Å². The molecule has 1 saturated heterocycles. The molecule has 5 nitrogen and oxygen atoms in total. The Morgan fingerprint density at radius 1 is 1.10 bits per heavy atom. The fraction of sp³-hybridized carbons (Fsp3) is 0.320. The highest BCUT2D eigenvalue weighted by Crippen LogP contribution is 2.36. The van der Waals surface area contributed by atoms with Crippen molar-refractivity contribution in [3.05, 3.63) is 83.3 Å². The topological polar surface area (TPSA) is 47.7 Å². The smallest absolute Gasteiger partial charge is 0.146 e. The molecular formula is C25H26N2O3S. The molecule has 4 aromatic rings. The maximum absolute atomic E-state index is 6.69. The molecule has 0 bridgehead atoms. The molecule has 3 heterocycles. The molecule has 0 saturated carbocycles. The number of ether oxygens (including phenoxy) is 2. The van der Waals surface area contributed by atoms with E-state index in [0.29, 0.717) is 6.61 Å². The van der Waals surface area contributed by atoms with Crippen LogP contribution in [0.1, 0.15) is 35.3 Å². The first kappa shape index (κ1) is 20.2. The Kier molecular flexibility index (Phi) is 6.02. The molecule has 1 fully saturated rings. The molecule has 2 aromatic heterocycles. The van der Waals surface area contributed by atoms with Crippen LogP contribution >= 0.6 is 11.3 Å². The highest BCUT2D eigenvalue weighted by atomic mass is 32.1. The summed E-state index contributed by atoms with van der Waals surface area (Å²) in [5.74, 6) is 1.60. The van der Waals surface area contributed by atoms with Gasteiger partial charge in [0.2, 0.25) is 0 Å². The lowest BCUT2D eigenvalue weighted by Gasteiger charge is -2.31. The summed E-state index contributed by atoms with van der Waals surface area (Å²) < 4.78 is 19.2. The number of fused-ring (bicyclic) bond motifs is 1. The quantitative estimate of drug-likeness (QED) is 0.375. The third kappa shape index (κ3) is 4.82. The highest BCUT2D eigenvalue weighted by Gasteiger charge is 2.26. The maximum Gasteiger partial charge on any atom is 0.146 e. The van der Waals surface area contributed by atoms with Crippen molar-refractivity contribution < 1.29 is 13.9 Å². The Morgan fingerprint density at radius 3 is 2.77 bits per heavy atom. The van der Waals surface area contributed by atoms with Gasteiger partial charge in [0.25, 0.3) is 0 Å². The molecule has 0 amide bonds. The lowest BCUT2D eigenvalue weighted by atomic mass is 10.1. The van der Waals surface area contributed by atoms with Crippen LogP contribution in [0.25, 0.3) is 10.2 Å². The third-order valence-corrected chi connectivity index (χ3v) is 6.73. The maximum atomic E-state index is 6.69. The fourth-order valence-electron chi connectivity index (χ4n) is 3.91. The molecule has 31 heavy (non-hydrogen) atoms. The second kappa shape index (κ2) is 9.22. The van der Waals surface area contributed by atoms with Gasteiger partial charge in [0, 0.05) is 13.1 Å². The van der Waals surface area contributed by atoms with Crippen LogP contribution in [0.15, 0.2) is 71.3 Å². The normalized spacial score (nSPS) is 16.5. The zero-order valence-corrected chi connectivity index (χ0v) is 18.4. The summed E-state index contributed by atoms with van der Waals surface area (Å²) in [5.41, 5.74) is 2.08. The van der Waals surface area contributed by atoms with E-state index in [-0.39, 0.29) is 12.2 Å². The number of likely N-dealkylation sites (tertiary alicyclic amines) is 1. The number of rotatable bonds is 7. The van der Waals surface area contributed by atoms with Crippen molar-refractivity contribution in [1.82, 2.24) is 9.88 Å². The molecule has 5 rings (SSSR count). The largest absolute Gasteiger partial charge is 0.486 e. The van der Waals surface area contributed by atoms with Crippen molar-refractivity contribution in [2.24, 2.45) is 0 Å². The van der Waals surface area contributed by atoms with E-state index in [2.05, 4.69) is 42.3 Å². The molecule has 1 unspecified atom stereocenters. The minimum Gasteiger partial charge on any atom is -0.486 e. The molecule has 0 spiro atoms. The number of para-hydroxylation sites is 1. The fourth-order valence-corrected chi connectivity index (χ4v) is 4.94. The van der Waals surface area contributed by atoms with Crippen LogP contribution in [0.5, 0.6) is 5.75 Å². The average molecular weight is 435 g/mol. The first-order valence-electron chi connectivity index (χ1n) is 10.7. The molecule has 160 valence electrons. The molecule has 0 radical (unpaired) electrons. The zero-order chi connectivity index (χ0) is 21.0. The molecule has 1 aliphatic heterocycles. The van der Waals surface area contributed by atoms with Crippen molar-refractivity contribution >= 4 is 21.6 Å². The van der Waals surface area contributed by atoms with Crippen LogP contribution in [0, 0.1) is 0 Å². The monoisotopic (exact) mass is 434 g/mol. The Morgan fingerprint density at radius 2 is 1.97 bits per heavy atom. The van der Waals surface area contributed by atoms with E-state index in [1.165, 1.54) is 4.70 Å². The van der Waals surface area contributed by atoms with Crippen LogP contribution in [0.4, 0.5) is 0 Å². The van der Waals surface area contributed by atoms with E-state index in [9.17, 15) is 0 Å². The number of nitrogens with zero attached hydrogens (tertiary/aromatic N) is 2. The van der Waals surface area contributed by atoms with Crippen LogP contribution in [-0.2, 0) is 11.3 Å². The number of benzene rings is 2. The molecule has 6 heteroatoms. The van der Waals surface area contributed by atoms with Gasteiger partial charge in [-0.05, 0) is 61.9 Å². The zero-order valence-electron chi connectivity index (χ0n) is 17.6. The van der Waals surface area contributed by atoms with Gasteiger partial charge in [-0.3, -0.25) is 0 Å². The van der Waals surface area contributed by atoms with Gasteiger partial charge < -0.3 is 18.8 Å². The highest BCUT2D eigenvalue weighted by molar-refractivity contribution is 7.18. The molecule has 0 N–H and O–H groups in total. The number of hydrogen-bond acceptors (Lipinski definition) is 6. The minimum absolute atomic E-state index is 0.210. The van der Waals surface area contributed by atoms with Gasteiger partial charge in [-0.25, -0.2) is 4.98 Å². The summed E-state index contributed by atoms with van der Waals surface area (Å²) in [7, 11) is 2.17. The van der Waals surface area contributed by atoms with Gasteiger partial charge in [0.1, 0.15) is 29.2 Å². The molecule has 2 aromatic carbocycles. The summed E-state index contributed by atoms with van der Waals surface area (Å²) in [5, 5.41) is 0.989. The summed E-state index contributed by atoms with van der Waals surface area (Å²) in [4.78, 5) is 7.27. The molecule has 1 atom stereocenters. The van der Waals surface area contributed by atoms with Gasteiger partial charge in [-0.2, -0.15) is 0 Å². The number of furan rings is 1. The summed E-state index contributed by atoms with van der Waals surface area (Å²) in [6.07, 6.45) is 3.74. The van der Waals surface area contributed by atoms with Crippen molar-refractivity contribution in [2.75, 3.05) is 20.1 Å². The van der Waals surface area contributed by atoms with Gasteiger partial charge in [-0.1, -0.05) is 24.3 Å². The second-order valence-corrected chi connectivity index (χ2v) is 9.04.